The number of unbranched alkanes of at least 4 members (excludes halogenated alkanes) is 5. The molecule has 0 bridgehead atoms. The Kier molecular flexibility index (Phi) is 11.4. The van der Waals surface area contributed by atoms with E-state index in [-0.39, 0.29) is 0 Å². The van der Waals surface area contributed by atoms with Crippen LogP contribution in [0.3, 0.4) is 0 Å². The molecule has 1 N–H and O–H groups in total. The van der Waals surface area contributed by atoms with Crippen molar-refractivity contribution in [1.82, 2.24) is 5.32 Å². The van der Waals surface area contributed by atoms with Crippen LogP contribution in [0.4, 0.5) is 0 Å². The van der Waals surface area contributed by atoms with E-state index in [0.717, 1.165) is 13.1 Å². The van der Waals surface area contributed by atoms with Crippen LogP contribution in [0, 0.1) is 0 Å². The van der Waals surface area contributed by atoms with Crippen molar-refractivity contribution in [3.8, 4) is 0 Å². The van der Waals surface area contributed by atoms with Gasteiger partial charge in [0.05, 0.1) is 6.54 Å². The molecule has 0 saturated heterocycles. The van der Waals surface area contributed by atoms with E-state index in [1.807, 2.05) is 7.05 Å². The molecule has 0 heterocycles. The third-order valence-corrected chi connectivity index (χ3v) is 2.76. The molecule has 2 heteroatoms. The van der Waals surface area contributed by atoms with Crippen LogP contribution in [0.25, 0.3) is 0 Å². The normalized spacial score (nSPS) is 12.1. The lowest BCUT2D eigenvalue weighted by Gasteiger charge is -2.01. The quantitative estimate of drug-likeness (QED) is 0.335. The molecule has 0 atom stereocenters. The molecular formula is C13H29N2+. The Balaban J connectivity index is 3.38. The fraction of sp³-hybridized carbons (Fsp3) is 0.923. The number of nitrogens with zero attached hydrogens (tertiary/aromatic N) is 1. The summed E-state index contributed by atoms with van der Waals surface area (Å²) in [6.07, 6.45) is 10.6. The van der Waals surface area contributed by atoms with Gasteiger partial charge in [-0.05, 0) is 20.4 Å². The van der Waals surface area contributed by atoms with Gasteiger partial charge in [-0.2, -0.15) is 0 Å². The molecule has 90 valence electrons. The van der Waals surface area contributed by atoms with E-state index < -0.39 is 0 Å². The van der Waals surface area contributed by atoms with Crippen molar-refractivity contribution in [2.24, 2.45) is 0 Å². The summed E-state index contributed by atoms with van der Waals surface area (Å²) in [4.78, 5) is 0. The number of hydrogen-bond acceptors (Lipinski definition) is 1. The maximum atomic E-state index is 3.15. The Hall–Kier alpha value is -0.370. The summed E-state index contributed by atoms with van der Waals surface area (Å²) in [6.45, 7) is 7.85. The number of hydrogen-bond donors (Lipinski definition) is 1. The molecule has 0 aliphatic rings. The molecule has 0 amide bonds. The summed E-state index contributed by atoms with van der Waals surface area (Å²) >= 11 is 0. The monoisotopic (exact) mass is 213 g/mol. The van der Waals surface area contributed by atoms with Crippen LogP contribution in [0.15, 0.2) is 0 Å². The van der Waals surface area contributed by atoms with Crippen LogP contribution >= 0.6 is 0 Å². The zero-order chi connectivity index (χ0) is 11.4. The molecule has 2 nitrogen and oxygen atoms in total. The largest absolute Gasteiger partial charge is 0.311 e. The molecule has 0 aromatic rings. The predicted molar refractivity (Wildman–Crippen MR) is 69.0 cm³/mol. The molecule has 0 aliphatic carbocycles. The maximum Gasteiger partial charge on any atom is 0.153 e. The SMILES string of the molecule is CCCCCCCC[N+](=CCNC)CC. The summed E-state index contributed by atoms with van der Waals surface area (Å²) in [7, 11) is 2.00. The molecule has 0 radical (unpaired) electrons. The van der Waals surface area contributed by atoms with Crippen molar-refractivity contribution >= 4 is 6.21 Å². The molecule has 0 aromatic heterocycles. The maximum absolute atomic E-state index is 3.15. The minimum Gasteiger partial charge on any atom is -0.311 e. The minimum absolute atomic E-state index is 0.990. The van der Waals surface area contributed by atoms with E-state index in [2.05, 4.69) is 30.0 Å². The van der Waals surface area contributed by atoms with E-state index in [0.29, 0.717) is 0 Å². The summed E-state index contributed by atoms with van der Waals surface area (Å²) in [6, 6.07) is 0. The summed E-state index contributed by atoms with van der Waals surface area (Å²) in [5, 5.41) is 3.15. The highest BCUT2D eigenvalue weighted by atomic mass is 15.0. The van der Waals surface area contributed by atoms with Crippen LogP contribution in [-0.4, -0.2) is 37.5 Å². The van der Waals surface area contributed by atoms with Crippen LogP contribution < -0.4 is 5.32 Å². The van der Waals surface area contributed by atoms with Gasteiger partial charge in [-0.3, -0.25) is 0 Å². The first-order chi connectivity index (χ1) is 7.35. The molecule has 0 rings (SSSR count). The lowest BCUT2D eigenvalue weighted by atomic mass is 10.1. The minimum atomic E-state index is 0.990. The van der Waals surface area contributed by atoms with Crippen molar-refractivity contribution in [3.05, 3.63) is 0 Å². The molecule has 0 fully saturated rings. The molecule has 15 heavy (non-hydrogen) atoms. The van der Waals surface area contributed by atoms with Gasteiger partial charge in [-0.25, -0.2) is 4.58 Å². The van der Waals surface area contributed by atoms with Crippen LogP contribution in [-0.2, 0) is 0 Å². The molecule has 0 aliphatic heterocycles. The molecule has 0 unspecified atom stereocenters. The van der Waals surface area contributed by atoms with Gasteiger partial charge in [0.2, 0.25) is 0 Å². The predicted octanol–water partition coefficient (Wildman–Crippen LogP) is 2.67. The molecule has 0 saturated carbocycles. The van der Waals surface area contributed by atoms with Gasteiger partial charge < -0.3 is 5.32 Å². The standard InChI is InChI=1S/C13H29N2/c1-4-6-7-8-9-10-12-15(5-2)13-11-14-3/h13-14H,4-12H2,1-3H3/q+1. The Morgan fingerprint density at radius 1 is 1.00 bits per heavy atom. The third kappa shape index (κ3) is 9.92. The van der Waals surface area contributed by atoms with Crippen molar-refractivity contribution in [3.63, 3.8) is 0 Å². The highest BCUT2D eigenvalue weighted by molar-refractivity contribution is 5.53. The van der Waals surface area contributed by atoms with E-state index in [1.54, 1.807) is 0 Å². The summed E-state index contributed by atoms with van der Waals surface area (Å²) in [5.74, 6) is 0. The Labute approximate surface area is 95.8 Å². The Morgan fingerprint density at radius 3 is 2.27 bits per heavy atom. The molecule has 0 spiro atoms. The Morgan fingerprint density at radius 2 is 1.67 bits per heavy atom. The van der Waals surface area contributed by atoms with Gasteiger partial charge >= 0.3 is 0 Å². The van der Waals surface area contributed by atoms with Gasteiger partial charge in [0.15, 0.2) is 6.21 Å². The smallest absolute Gasteiger partial charge is 0.153 e. The van der Waals surface area contributed by atoms with Crippen molar-refractivity contribution < 1.29 is 4.58 Å². The Bertz CT molecular complexity index is 153. The zero-order valence-electron chi connectivity index (χ0n) is 10.9. The van der Waals surface area contributed by atoms with Gasteiger partial charge in [0.25, 0.3) is 0 Å². The summed E-state index contributed by atoms with van der Waals surface area (Å²) in [5.41, 5.74) is 0. The molecular weight excluding hydrogens is 184 g/mol. The van der Waals surface area contributed by atoms with Crippen LogP contribution in [0.1, 0.15) is 52.4 Å². The molecule has 0 aromatic carbocycles. The van der Waals surface area contributed by atoms with E-state index in [9.17, 15) is 0 Å². The van der Waals surface area contributed by atoms with Crippen LogP contribution in [0.2, 0.25) is 0 Å². The van der Waals surface area contributed by atoms with Gasteiger partial charge in [0.1, 0.15) is 13.1 Å². The summed E-state index contributed by atoms with van der Waals surface area (Å²) < 4.78 is 2.41. The van der Waals surface area contributed by atoms with Crippen LogP contribution in [0.5, 0.6) is 0 Å². The van der Waals surface area contributed by atoms with Gasteiger partial charge in [-0.1, -0.05) is 32.6 Å². The first kappa shape index (κ1) is 14.6. The van der Waals surface area contributed by atoms with Crippen molar-refractivity contribution in [2.75, 3.05) is 26.7 Å². The number of nitrogens with one attached hydrogen (secondary N) is 1. The second kappa shape index (κ2) is 11.7. The highest BCUT2D eigenvalue weighted by Crippen LogP contribution is 2.04. The van der Waals surface area contributed by atoms with Crippen molar-refractivity contribution in [1.29, 1.82) is 0 Å². The highest BCUT2D eigenvalue weighted by Gasteiger charge is 1.99. The van der Waals surface area contributed by atoms with Crippen molar-refractivity contribution in [2.45, 2.75) is 52.4 Å². The van der Waals surface area contributed by atoms with E-state index in [1.165, 1.54) is 45.1 Å². The van der Waals surface area contributed by atoms with Gasteiger partial charge in [-0.15, -0.1) is 0 Å². The van der Waals surface area contributed by atoms with Gasteiger partial charge in [0, 0.05) is 6.42 Å². The van der Waals surface area contributed by atoms with E-state index >= 15 is 0 Å². The second-order valence-corrected chi connectivity index (χ2v) is 4.14. The fourth-order valence-corrected chi connectivity index (χ4v) is 1.69. The third-order valence-electron chi connectivity index (χ3n) is 2.76. The average molecular weight is 213 g/mol. The zero-order valence-corrected chi connectivity index (χ0v) is 10.9. The lowest BCUT2D eigenvalue weighted by Crippen LogP contribution is -2.20. The first-order valence-electron chi connectivity index (χ1n) is 6.57. The average Bonchev–Trinajstić information content (AvgIpc) is 2.27. The lowest BCUT2D eigenvalue weighted by molar-refractivity contribution is -0.521. The number of rotatable bonds is 10. The fourth-order valence-electron chi connectivity index (χ4n) is 1.69. The second-order valence-electron chi connectivity index (χ2n) is 4.14. The first-order valence-corrected chi connectivity index (χ1v) is 6.57. The van der Waals surface area contributed by atoms with E-state index in [4.69, 9.17) is 0 Å². The topological polar surface area (TPSA) is 15.0 Å².